The number of aliphatic hydroxyl groups is 1. The fourth-order valence-electron chi connectivity index (χ4n) is 1.84. The van der Waals surface area contributed by atoms with Crippen molar-refractivity contribution < 1.29 is 14.7 Å². The van der Waals surface area contributed by atoms with Gasteiger partial charge in [0.15, 0.2) is 0 Å². The summed E-state index contributed by atoms with van der Waals surface area (Å²) in [6.45, 7) is 2.25. The first-order valence-electron chi connectivity index (χ1n) is 5.29. The number of carbonyl (C=O) groups is 2. The Morgan fingerprint density at radius 2 is 2.27 bits per heavy atom. The van der Waals surface area contributed by atoms with Crippen molar-refractivity contribution in [2.75, 3.05) is 6.54 Å². The lowest BCUT2D eigenvalue weighted by Crippen LogP contribution is -2.43. The first kappa shape index (κ1) is 12.0. The molecule has 86 valence electrons. The molecule has 1 rings (SSSR count). The third kappa shape index (κ3) is 3.20. The normalized spacial score (nSPS) is 22.8. The highest BCUT2D eigenvalue weighted by Crippen LogP contribution is 2.18. The molecule has 1 aliphatic heterocycles. The summed E-state index contributed by atoms with van der Waals surface area (Å²) in [6, 6.07) is -0.438. The number of hydrogen-bond acceptors (Lipinski definition) is 3. The van der Waals surface area contributed by atoms with E-state index in [1.807, 2.05) is 0 Å². The highest BCUT2D eigenvalue weighted by Gasteiger charge is 2.32. The van der Waals surface area contributed by atoms with Crippen LogP contribution >= 0.6 is 0 Å². The van der Waals surface area contributed by atoms with Crippen LogP contribution in [-0.2, 0) is 9.59 Å². The number of nitrogens with zero attached hydrogens (tertiary/aromatic N) is 1. The number of aliphatic hydroxyl groups excluding tert-OH is 1. The molecule has 5 nitrogen and oxygen atoms in total. The van der Waals surface area contributed by atoms with Crippen LogP contribution in [0, 0.1) is 0 Å². The maximum absolute atomic E-state index is 11.7. The summed E-state index contributed by atoms with van der Waals surface area (Å²) < 4.78 is 0. The zero-order chi connectivity index (χ0) is 11.4. The van der Waals surface area contributed by atoms with Crippen LogP contribution in [0.3, 0.4) is 0 Å². The van der Waals surface area contributed by atoms with Crippen LogP contribution in [0.4, 0.5) is 0 Å². The topological polar surface area (TPSA) is 83.6 Å². The Morgan fingerprint density at radius 1 is 1.60 bits per heavy atom. The maximum atomic E-state index is 11.7. The quantitative estimate of drug-likeness (QED) is 0.669. The molecule has 5 heteroatoms. The van der Waals surface area contributed by atoms with E-state index < -0.39 is 18.1 Å². The molecule has 0 bridgehead atoms. The highest BCUT2D eigenvalue weighted by atomic mass is 16.3. The second-order valence-electron chi connectivity index (χ2n) is 4.04. The van der Waals surface area contributed by atoms with Gasteiger partial charge in [0.25, 0.3) is 0 Å². The molecule has 1 saturated heterocycles. The summed E-state index contributed by atoms with van der Waals surface area (Å²) in [4.78, 5) is 24.2. The second kappa shape index (κ2) is 5.11. The van der Waals surface area contributed by atoms with Crippen LogP contribution in [0.15, 0.2) is 0 Å². The smallest absolute Gasteiger partial charge is 0.240 e. The molecule has 0 aromatic carbocycles. The van der Waals surface area contributed by atoms with Crippen molar-refractivity contribution in [3.63, 3.8) is 0 Å². The van der Waals surface area contributed by atoms with Crippen molar-refractivity contribution in [3.8, 4) is 0 Å². The van der Waals surface area contributed by atoms with Gasteiger partial charge in [0, 0.05) is 13.0 Å². The molecule has 0 aliphatic carbocycles. The first-order chi connectivity index (χ1) is 7.02. The summed E-state index contributed by atoms with van der Waals surface area (Å²) in [7, 11) is 0. The lowest BCUT2D eigenvalue weighted by atomic mass is 10.1. The van der Waals surface area contributed by atoms with Crippen LogP contribution < -0.4 is 5.73 Å². The van der Waals surface area contributed by atoms with E-state index >= 15 is 0 Å². The van der Waals surface area contributed by atoms with Crippen molar-refractivity contribution in [2.45, 2.75) is 44.8 Å². The van der Waals surface area contributed by atoms with Gasteiger partial charge in [-0.1, -0.05) is 0 Å². The van der Waals surface area contributed by atoms with Crippen LogP contribution in [0.5, 0.6) is 0 Å². The van der Waals surface area contributed by atoms with Gasteiger partial charge in [0.05, 0.1) is 6.10 Å². The Bertz CT molecular complexity index is 253. The Balaban J connectivity index is 2.47. The molecular formula is C10H18N2O3. The lowest BCUT2D eigenvalue weighted by Gasteiger charge is -2.22. The van der Waals surface area contributed by atoms with Crippen LogP contribution in [0.1, 0.15) is 32.6 Å². The van der Waals surface area contributed by atoms with Crippen molar-refractivity contribution in [3.05, 3.63) is 0 Å². The average Bonchev–Trinajstić information content (AvgIpc) is 2.62. The molecule has 0 aromatic rings. The molecule has 15 heavy (non-hydrogen) atoms. The van der Waals surface area contributed by atoms with E-state index in [1.165, 1.54) is 4.90 Å². The molecule has 0 saturated carbocycles. The summed E-state index contributed by atoms with van der Waals surface area (Å²) in [5.74, 6) is -0.518. The van der Waals surface area contributed by atoms with Gasteiger partial charge in [-0.3, -0.25) is 9.59 Å². The van der Waals surface area contributed by atoms with Crippen molar-refractivity contribution in [2.24, 2.45) is 5.73 Å². The standard InChI is InChI=1S/C10H18N2O3/c1-7(13)4-5-9(14)12-6-2-3-8(12)10(11)15/h7-8,13H,2-6H2,1H3,(H2,11,15). The third-order valence-corrected chi connectivity index (χ3v) is 2.68. The maximum Gasteiger partial charge on any atom is 0.240 e. The fraction of sp³-hybridized carbons (Fsp3) is 0.800. The molecular weight excluding hydrogens is 196 g/mol. The summed E-state index contributed by atoms with van der Waals surface area (Å²) >= 11 is 0. The summed E-state index contributed by atoms with van der Waals surface area (Å²) in [6.07, 6.45) is 1.72. The molecule has 0 aromatic heterocycles. The lowest BCUT2D eigenvalue weighted by molar-refractivity contribution is -0.137. The van der Waals surface area contributed by atoms with Gasteiger partial charge in [-0.05, 0) is 26.2 Å². The van der Waals surface area contributed by atoms with E-state index in [-0.39, 0.29) is 12.3 Å². The van der Waals surface area contributed by atoms with Gasteiger partial charge in [-0.2, -0.15) is 0 Å². The minimum Gasteiger partial charge on any atom is -0.393 e. The van der Waals surface area contributed by atoms with Crippen LogP contribution in [0.2, 0.25) is 0 Å². The number of likely N-dealkylation sites (tertiary alicyclic amines) is 1. The number of amides is 2. The first-order valence-corrected chi connectivity index (χ1v) is 5.29. The molecule has 0 radical (unpaired) electrons. The zero-order valence-corrected chi connectivity index (χ0v) is 8.98. The number of hydrogen-bond donors (Lipinski definition) is 2. The SMILES string of the molecule is CC(O)CCC(=O)N1CCCC1C(N)=O. The van der Waals surface area contributed by atoms with E-state index in [2.05, 4.69) is 0 Å². The molecule has 2 atom stereocenters. The average molecular weight is 214 g/mol. The molecule has 1 fully saturated rings. The van der Waals surface area contributed by atoms with Gasteiger partial charge >= 0.3 is 0 Å². The molecule has 1 heterocycles. The largest absolute Gasteiger partial charge is 0.393 e. The number of carbonyl (C=O) groups excluding carboxylic acids is 2. The Kier molecular flexibility index (Phi) is 4.08. The summed E-state index contributed by atoms with van der Waals surface area (Å²) in [5, 5.41) is 9.06. The van der Waals surface area contributed by atoms with Crippen LogP contribution in [0.25, 0.3) is 0 Å². The monoisotopic (exact) mass is 214 g/mol. The van der Waals surface area contributed by atoms with Gasteiger partial charge in [0.1, 0.15) is 6.04 Å². The molecule has 2 unspecified atom stereocenters. The van der Waals surface area contributed by atoms with Gasteiger partial charge < -0.3 is 15.7 Å². The third-order valence-electron chi connectivity index (χ3n) is 2.68. The fourth-order valence-corrected chi connectivity index (χ4v) is 1.84. The molecule has 3 N–H and O–H groups in total. The van der Waals surface area contributed by atoms with E-state index in [9.17, 15) is 9.59 Å². The summed E-state index contributed by atoms with van der Waals surface area (Å²) in [5.41, 5.74) is 5.20. The van der Waals surface area contributed by atoms with Gasteiger partial charge in [0.2, 0.25) is 11.8 Å². The highest BCUT2D eigenvalue weighted by molar-refractivity contribution is 5.87. The minimum absolute atomic E-state index is 0.0859. The zero-order valence-electron chi connectivity index (χ0n) is 8.98. The molecule has 0 spiro atoms. The van der Waals surface area contributed by atoms with E-state index in [1.54, 1.807) is 6.92 Å². The minimum atomic E-state index is -0.483. The Labute approximate surface area is 89.2 Å². The molecule has 2 amide bonds. The van der Waals surface area contributed by atoms with E-state index in [4.69, 9.17) is 10.8 Å². The van der Waals surface area contributed by atoms with E-state index in [0.29, 0.717) is 19.4 Å². The molecule has 1 aliphatic rings. The number of rotatable bonds is 4. The second-order valence-corrected chi connectivity index (χ2v) is 4.04. The number of primary amides is 1. The van der Waals surface area contributed by atoms with Crippen molar-refractivity contribution in [1.29, 1.82) is 0 Å². The Morgan fingerprint density at radius 3 is 2.80 bits per heavy atom. The predicted molar refractivity (Wildman–Crippen MR) is 54.8 cm³/mol. The van der Waals surface area contributed by atoms with Gasteiger partial charge in [-0.25, -0.2) is 0 Å². The number of nitrogens with two attached hydrogens (primary N) is 1. The van der Waals surface area contributed by atoms with Crippen LogP contribution in [-0.4, -0.2) is 40.5 Å². The van der Waals surface area contributed by atoms with Gasteiger partial charge in [-0.15, -0.1) is 0 Å². The predicted octanol–water partition coefficient (Wildman–Crippen LogP) is -0.376. The Hall–Kier alpha value is -1.10. The van der Waals surface area contributed by atoms with Crippen molar-refractivity contribution in [1.82, 2.24) is 4.90 Å². The van der Waals surface area contributed by atoms with E-state index in [0.717, 1.165) is 6.42 Å². The van der Waals surface area contributed by atoms with Crippen molar-refractivity contribution >= 4 is 11.8 Å².